The molecule has 21 heavy (non-hydrogen) atoms. The molecule has 0 aliphatic heterocycles. The van der Waals surface area contributed by atoms with Gasteiger partial charge in [-0.05, 0) is 24.3 Å². The van der Waals surface area contributed by atoms with Gasteiger partial charge in [0.05, 0.1) is 5.69 Å². The average Bonchev–Trinajstić information content (AvgIpc) is 3.12. The van der Waals surface area contributed by atoms with Crippen LogP contribution in [0.5, 0.6) is 0 Å². The number of carbonyl (C=O) groups excluding carboxylic acids is 1. The molecule has 2 heterocycles. The number of amides is 1. The van der Waals surface area contributed by atoms with Crippen molar-refractivity contribution in [1.29, 1.82) is 0 Å². The summed E-state index contributed by atoms with van der Waals surface area (Å²) in [5, 5.41) is 11.2. The van der Waals surface area contributed by atoms with Gasteiger partial charge in [-0.25, -0.2) is 13.8 Å². The maximum atomic E-state index is 13.2. The molecule has 2 N–H and O–H groups in total. The van der Waals surface area contributed by atoms with E-state index < -0.39 is 17.5 Å². The van der Waals surface area contributed by atoms with Crippen molar-refractivity contribution in [2.75, 3.05) is 5.32 Å². The summed E-state index contributed by atoms with van der Waals surface area (Å²) < 4.78 is 26.1. The Hall–Kier alpha value is -2.61. The third-order valence-electron chi connectivity index (χ3n) is 2.69. The molecule has 1 amide bonds. The third kappa shape index (κ3) is 2.79. The number of benzene rings is 1. The summed E-state index contributed by atoms with van der Waals surface area (Å²) in [5.41, 5.74) is 0.918. The number of aromatic amines is 1. The van der Waals surface area contributed by atoms with Crippen LogP contribution in [0.25, 0.3) is 11.3 Å². The van der Waals surface area contributed by atoms with Gasteiger partial charge in [-0.15, -0.1) is 11.3 Å². The van der Waals surface area contributed by atoms with Crippen LogP contribution in [0.3, 0.4) is 0 Å². The Morgan fingerprint density at radius 1 is 1.24 bits per heavy atom. The van der Waals surface area contributed by atoms with Crippen LogP contribution in [0.15, 0.2) is 35.8 Å². The fourth-order valence-electron chi connectivity index (χ4n) is 1.69. The quantitative estimate of drug-likeness (QED) is 0.781. The highest BCUT2D eigenvalue weighted by atomic mass is 32.1. The molecule has 0 bridgehead atoms. The Bertz CT molecular complexity index is 785. The molecule has 8 heteroatoms. The molecule has 0 saturated carbocycles. The van der Waals surface area contributed by atoms with Gasteiger partial charge < -0.3 is 0 Å². The monoisotopic (exact) mass is 306 g/mol. The number of H-pyrrole nitrogens is 1. The van der Waals surface area contributed by atoms with Gasteiger partial charge in [-0.2, -0.15) is 5.10 Å². The third-order valence-corrected chi connectivity index (χ3v) is 3.38. The van der Waals surface area contributed by atoms with Gasteiger partial charge in [0, 0.05) is 17.1 Å². The van der Waals surface area contributed by atoms with Crippen LogP contribution in [-0.2, 0) is 0 Å². The minimum atomic E-state index is -0.968. The molecular weight excluding hydrogens is 298 g/mol. The Morgan fingerprint density at radius 3 is 2.81 bits per heavy atom. The summed E-state index contributed by atoms with van der Waals surface area (Å²) in [6, 6.07) is 4.87. The highest BCUT2D eigenvalue weighted by Crippen LogP contribution is 2.21. The highest BCUT2D eigenvalue weighted by molar-refractivity contribution is 7.13. The smallest absolute Gasteiger partial charge is 0.275 e. The molecule has 2 aromatic heterocycles. The summed E-state index contributed by atoms with van der Waals surface area (Å²) in [6.07, 6.45) is 1.57. The Balaban J connectivity index is 1.82. The predicted molar refractivity (Wildman–Crippen MR) is 74.0 cm³/mol. The lowest BCUT2D eigenvalue weighted by molar-refractivity contribution is 0.102. The summed E-state index contributed by atoms with van der Waals surface area (Å²) in [4.78, 5) is 15.9. The van der Waals surface area contributed by atoms with Gasteiger partial charge in [-0.3, -0.25) is 15.2 Å². The van der Waals surface area contributed by atoms with E-state index in [4.69, 9.17) is 0 Å². The van der Waals surface area contributed by atoms with Crippen LogP contribution < -0.4 is 5.32 Å². The fraction of sp³-hybridized carbons (Fsp3) is 0. The molecule has 0 atom stereocenters. The van der Waals surface area contributed by atoms with Crippen molar-refractivity contribution in [1.82, 2.24) is 15.2 Å². The van der Waals surface area contributed by atoms with E-state index >= 15 is 0 Å². The van der Waals surface area contributed by atoms with Crippen molar-refractivity contribution in [2.45, 2.75) is 0 Å². The standard InChI is InChI=1S/C13H8F2N4OS/c14-8-2-1-7(5-9(8)15)10-6-11(19-18-10)12(20)17-13-16-3-4-21-13/h1-6H,(H,18,19)(H,16,17,20). The molecular formula is C13H8F2N4OS. The second kappa shape index (κ2) is 5.41. The van der Waals surface area contributed by atoms with E-state index in [-0.39, 0.29) is 5.69 Å². The van der Waals surface area contributed by atoms with E-state index in [1.807, 2.05) is 0 Å². The molecule has 0 aliphatic carbocycles. The summed E-state index contributed by atoms with van der Waals surface area (Å²) in [5.74, 6) is -2.31. The molecule has 106 valence electrons. The van der Waals surface area contributed by atoms with E-state index in [2.05, 4.69) is 20.5 Å². The van der Waals surface area contributed by atoms with E-state index in [0.29, 0.717) is 16.4 Å². The van der Waals surface area contributed by atoms with Crippen molar-refractivity contribution in [3.63, 3.8) is 0 Å². The summed E-state index contributed by atoms with van der Waals surface area (Å²) >= 11 is 1.28. The molecule has 0 unspecified atom stereocenters. The van der Waals surface area contributed by atoms with Gasteiger partial charge in [0.2, 0.25) is 0 Å². The number of hydrogen-bond acceptors (Lipinski definition) is 4. The van der Waals surface area contributed by atoms with Crippen LogP contribution in [0.4, 0.5) is 13.9 Å². The SMILES string of the molecule is O=C(Nc1nccs1)c1cc(-c2ccc(F)c(F)c2)n[nH]1. The second-order valence-electron chi connectivity index (χ2n) is 4.09. The van der Waals surface area contributed by atoms with Gasteiger partial charge >= 0.3 is 0 Å². The number of anilines is 1. The first-order valence-electron chi connectivity index (χ1n) is 5.85. The van der Waals surface area contributed by atoms with Crippen molar-refractivity contribution < 1.29 is 13.6 Å². The Kier molecular flexibility index (Phi) is 3.44. The first-order chi connectivity index (χ1) is 10.1. The lowest BCUT2D eigenvalue weighted by atomic mass is 10.1. The van der Waals surface area contributed by atoms with E-state index in [1.54, 1.807) is 11.6 Å². The lowest BCUT2D eigenvalue weighted by Gasteiger charge is -1.98. The number of nitrogens with zero attached hydrogens (tertiary/aromatic N) is 2. The molecule has 0 fully saturated rings. The van der Waals surface area contributed by atoms with Crippen LogP contribution in [0.1, 0.15) is 10.5 Å². The summed E-state index contributed by atoms with van der Waals surface area (Å²) in [6.45, 7) is 0. The number of thiazole rings is 1. The number of carbonyl (C=O) groups is 1. The second-order valence-corrected chi connectivity index (χ2v) is 4.98. The van der Waals surface area contributed by atoms with Gasteiger partial charge in [-0.1, -0.05) is 0 Å². The molecule has 0 spiro atoms. The number of aromatic nitrogens is 3. The average molecular weight is 306 g/mol. The molecule has 3 rings (SSSR count). The minimum Gasteiger partial charge on any atom is -0.297 e. The Morgan fingerprint density at radius 2 is 2.10 bits per heavy atom. The van der Waals surface area contributed by atoms with E-state index in [9.17, 15) is 13.6 Å². The molecule has 1 aromatic carbocycles. The van der Waals surface area contributed by atoms with Crippen LogP contribution >= 0.6 is 11.3 Å². The van der Waals surface area contributed by atoms with Gasteiger partial charge in [0.1, 0.15) is 5.69 Å². The van der Waals surface area contributed by atoms with Crippen molar-refractivity contribution >= 4 is 22.4 Å². The van der Waals surface area contributed by atoms with Gasteiger partial charge in [0.25, 0.3) is 5.91 Å². The first kappa shape index (κ1) is 13.4. The van der Waals surface area contributed by atoms with E-state index in [0.717, 1.165) is 12.1 Å². The normalized spacial score (nSPS) is 10.6. The number of halogens is 2. The molecule has 5 nitrogen and oxygen atoms in total. The van der Waals surface area contributed by atoms with Crippen LogP contribution in [-0.4, -0.2) is 21.1 Å². The zero-order valence-corrected chi connectivity index (χ0v) is 11.2. The molecule has 0 aliphatic rings. The zero-order chi connectivity index (χ0) is 14.8. The van der Waals surface area contributed by atoms with E-state index in [1.165, 1.54) is 23.5 Å². The maximum absolute atomic E-state index is 13.2. The highest BCUT2D eigenvalue weighted by Gasteiger charge is 2.13. The number of hydrogen-bond donors (Lipinski definition) is 2. The summed E-state index contributed by atoms with van der Waals surface area (Å²) in [7, 11) is 0. The van der Waals surface area contributed by atoms with Gasteiger partial charge in [0.15, 0.2) is 16.8 Å². The minimum absolute atomic E-state index is 0.199. The lowest BCUT2D eigenvalue weighted by Crippen LogP contribution is -2.11. The maximum Gasteiger partial charge on any atom is 0.275 e. The van der Waals surface area contributed by atoms with Crippen molar-refractivity contribution in [3.8, 4) is 11.3 Å². The zero-order valence-electron chi connectivity index (χ0n) is 10.4. The first-order valence-corrected chi connectivity index (χ1v) is 6.73. The fourth-order valence-corrected chi connectivity index (χ4v) is 2.21. The number of nitrogens with one attached hydrogen (secondary N) is 2. The van der Waals surface area contributed by atoms with Crippen molar-refractivity contribution in [2.24, 2.45) is 0 Å². The van der Waals surface area contributed by atoms with Crippen LogP contribution in [0, 0.1) is 11.6 Å². The largest absolute Gasteiger partial charge is 0.297 e. The molecule has 3 aromatic rings. The number of rotatable bonds is 3. The molecule has 0 saturated heterocycles. The van der Waals surface area contributed by atoms with Crippen molar-refractivity contribution in [3.05, 3.63) is 53.2 Å². The van der Waals surface area contributed by atoms with Crippen LogP contribution in [0.2, 0.25) is 0 Å². The molecule has 0 radical (unpaired) electrons. The Labute approximate surface area is 121 Å². The predicted octanol–water partition coefficient (Wildman–Crippen LogP) is 3.06. The topological polar surface area (TPSA) is 70.7 Å².